The predicted octanol–water partition coefficient (Wildman–Crippen LogP) is 2.75. The van der Waals surface area contributed by atoms with Crippen LogP contribution in [-0.4, -0.2) is 16.9 Å². The fourth-order valence-corrected chi connectivity index (χ4v) is 2.71. The molecule has 1 N–H and O–H groups in total. The maximum absolute atomic E-state index is 13.5. The molecule has 0 fully saturated rings. The van der Waals surface area contributed by atoms with Gasteiger partial charge in [0.25, 0.3) is 17.9 Å². The summed E-state index contributed by atoms with van der Waals surface area (Å²) in [5, 5.41) is 11.2. The van der Waals surface area contributed by atoms with Gasteiger partial charge in [-0.3, -0.25) is 9.59 Å². The molecule has 120 valence electrons. The number of hydrogen-bond donors (Lipinski definition) is 1. The van der Waals surface area contributed by atoms with Crippen LogP contribution >= 0.6 is 11.3 Å². The third kappa shape index (κ3) is 3.78. The van der Waals surface area contributed by atoms with Crippen molar-refractivity contribution < 1.29 is 18.0 Å². The molecule has 2 aromatic rings. The van der Waals surface area contributed by atoms with Crippen LogP contribution < -0.4 is 10.9 Å². The van der Waals surface area contributed by atoms with Gasteiger partial charge in [-0.1, -0.05) is 0 Å². The Morgan fingerprint density at radius 2 is 2.17 bits per heavy atom. The van der Waals surface area contributed by atoms with Crippen LogP contribution in [-0.2, 0) is 6.54 Å². The molecule has 0 aromatic carbocycles. The minimum Gasteiger partial charge on any atom is -0.320 e. The molecule has 0 saturated heterocycles. The van der Waals surface area contributed by atoms with Gasteiger partial charge < -0.3 is 9.88 Å². The predicted molar refractivity (Wildman–Crippen MR) is 78.4 cm³/mol. The lowest BCUT2D eigenvalue weighted by Gasteiger charge is -2.09. The first kappa shape index (κ1) is 16.8. The molecule has 23 heavy (non-hydrogen) atoms. The molecule has 0 unspecified atom stereocenters. The van der Waals surface area contributed by atoms with E-state index in [9.17, 15) is 22.8 Å². The van der Waals surface area contributed by atoms with Crippen molar-refractivity contribution in [2.75, 3.05) is 5.32 Å². The Bertz CT molecular complexity index is 852. The fourth-order valence-electron chi connectivity index (χ4n) is 1.85. The number of hydrogen-bond acceptors (Lipinski definition) is 4. The smallest absolute Gasteiger partial charge is 0.286 e. The molecule has 0 atom stereocenters. The van der Waals surface area contributed by atoms with Gasteiger partial charge in [0.1, 0.15) is 6.07 Å². The van der Waals surface area contributed by atoms with Crippen LogP contribution in [0.5, 0.6) is 0 Å². The van der Waals surface area contributed by atoms with E-state index < -0.39 is 30.3 Å². The maximum Gasteiger partial charge on any atom is 0.286 e. The summed E-state index contributed by atoms with van der Waals surface area (Å²) in [7, 11) is 0. The standard InChI is InChI=1S/C14H10F3N3O2S/c1-7-8(4-18)2-11(23-7)13(21)19-9-3-10(15)14(22)20(5-9)6-12(16)17/h2-3,5,12H,6H2,1H3,(H,19,21). The van der Waals surface area contributed by atoms with E-state index in [2.05, 4.69) is 5.32 Å². The molecule has 0 aliphatic heterocycles. The SMILES string of the molecule is Cc1sc(C(=O)Nc2cc(F)c(=O)n(CC(F)F)c2)cc1C#N. The third-order valence-corrected chi connectivity index (χ3v) is 3.95. The minimum atomic E-state index is -2.84. The van der Waals surface area contributed by atoms with Crippen LogP contribution in [0.15, 0.2) is 23.1 Å². The van der Waals surface area contributed by atoms with Crippen molar-refractivity contribution in [3.8, 4) is 6.07 Å². The molecule has 0 radical (unpaired) electrons. The van der Waals surface area contributed by atoms with Gasteiger partial charge in [-0.15, -0.1) is 11.3 Å². The summed E-state index contributed by atoms with van der Waals surface area (Å²) in [5.74, 6) is -1.87. The van der Waals surface area contributed by atoms with E-state index in [-0.39, 0.29) is 10.6 Å². The van der Waals surface area contributed by atoms with Gasteiger partial charge in [0.2, 0.25) is 0 Å². The molecule has 0 aliphatic rings. The minimum absolute atomic E-state index is 0.127. The number of anilines is 1. The highest BCUT2D eigenvalue weighted by molar-refractivity contribution is 7.14. The van der Waals surface area contributed by atoms with E-state index in [1.807, 2.05) is 6.07 Å². The lowest BCUT2D eigenvalue weighted by molar-refractivity contribution is 0.103. The van der Waals surface area contributed by atoms with Crippen molar-refractivity contribution in [3.63, 3.8) is 0 Å². The van der Waals surface area contributed by atoms with Gasteiger partial charge >= 0.3 is 0 Å². The van der Waals surface area contributed by atoms with Gasteiger partial charge in [0, 0.05) is 17.1 Å². The molecule has 2 heterocycles. The zero-order chi connectivity index (χ0) is 17.1. The van der Waals surface area contributed by atoms with Gasteiger partial charge in [0.15, 0.2) is 5.82 Å². The van der Waals surface area contributed by atoms with E-state index in [0.29, 0.717) is 15.0 Å². The lowest BCUT2D eigenvalue weighted by atomic mass is 10.2. The molecule has 0 aliphatic carbocycles. The monoisotopic (exact) mass is 341 g/mol. The number of nitrogens with zero attached hydrogens (tertiary/aromatic N) is 2. The van der Waals surface area contributed by atoms with Crippen LogP contribution in [0.1, 0.15) is 20.1 Å². The summed E-state index contributed by atoms with van der Waals surface area (Å²) in [4.78, 5) is 24.3. The van der Waals surface area contributed by atoms with E-state index in [1.54, 1.807) is 6.92 Å². The third-order valence-electron chi connectivity index (χ3n) is 2.90. The number of aromatic nitrogens is 1. The van der Waals surface area contributed by atoms with Crippen LogP contribution in [0.2, 0.25) is 0 Å². The summed E-state index contributed by atoms with van der Waals surface area (Å²) >= 11 is 1.07. The Hall–Kier alpha value is -2.60. The number of halogens is 3. The highest BCUT2D eigenvalue weighted by atomic mass is 32.1. The molecule has 2 aromatic heterocycles. The first-order chi connectivity index (χ1) is 10.8. The Morgan fingerprint density at radius 1 is 1.48 bits per heavy atom. The van der Waals surface area contributed by atoms with Gasteiger partial charge in [-0.05, 0) is 13.0 Å². The Labute approximate surface area is 132 Å². The van der Waals surface area contributed by atoms with Gasteiger partial charge in [-0.2, -0.15) is 5.26 Å². The molecule has 0 saturated carbocycles. The van der Waals surface area contributed by atoms with Gasteiger partial charge in [0.05, 0.1) is 22.7 Å². The number of rotatable bonds is 4. The van der Waals surface area contributed by atoms with E-state index in [4.69, 9.17) is 5.26 Å². The first-order valence-corrected chi connectivity index (χ1v) is 7.13. The molecule has 5 nitrogen and oxygen atoms in total. The van der Waals surface area contributed by atoms with Crippen molar-refractivity contribution in [3.05, 3.63) is 49.8 Å². The van der Waals surface area contributed by atoms with Crippen molar-refractivity contribution in [1.82, 2.24) is 4.57 Å². The molecule has 0 spiro atoms. The van der Waals surface area contributed by atoms with Gasteiger partial charge in [-0.25, -0.2) is 13.2 Å². The highest BCUT2D eigenvalue weighted by Crippen LogP contribution is 2.22. The highest BCUT2D eigenvalue weighted by Gasteiger charge is 2.15. The summed E-state index contributed by atoms with van der Waals surface area (Å²) in [5.41, 5.74) is -0.978. The molecule has 1 amide bonds. The number of nitriles is 1. The van der Waals surface area contributed by atoms with Crippen LogP contribution in [0.25, 0.3) is 0 Å². The number of carbonyl (C=O) groups excluding carboxylic acids is 1. The zero-order valence-corrected chi connectivity index (χ0v) is 12.6. The van der Waals surface area contributed by atoms with Crippen LogP contribution in [0.3, 0.4) is 0 Å². The topological polar surface area (TPSA) is 74.9 Å². The molecular formula is C14H10F3N3O2S. The van der Waals surface area contributed by atoms with E-state index >= 15 is 0 Å². The quantitative estimate of drug-likeness (QED) is 0.929. The number of nitrogens with one attached hydrogen (secondary N) is 1. The molecule has 2 rings (SSSR count). The van der Waals surface area contributed by atoms with Crippen molar-refractivity contribution in [2.45, 2.75) is 19.9 Å². The number of amides is 1. The van der Waals surface area contributed by atoms with Crippen molar-refractivity contribution in [1.29, 1.82) is 5.26 Å². The lowest BCUT2D eigenvalue weighted by Crippen LogP contribution is -2.26. The second-order valence-electron chi connectivity index (χ2n) is 4.57. The van der Waals surface area contributed by atoms with Crippen molar-refractivity contribution in [2.24, 2.45) is 0 Å². The van der Waals surface area contributed by atoms with E-state index in [0.717, 1.165) is 23.6 Å². The van der Waals surface area contributed by atoms with E-state index in [1.165, 1.54) is 6.07 Å². The average molecular weight is 341 g/mol. The number of thiophene rings is 1. The summed E-state index contributed by atoms with van der Waals surface area (Å²) in [6.45, 7) is 0.693. The Kier molecular flexibility index (Phi) is 4.86. The fraction of sp³-hybridized carbons (Fsp3) is 0.214. The number of aryl methyl sites for hydroxylation is 1. The molecule has 0 bridgehead atoms. The largest absolute Gasteiger partial charge is 0.320 e. The summed E-state index contributed by atoms with van der Waals surface area (Å²) in [6, 6.07) is 4.06. The number of carbonyl (C=O) groups is 1. The molecule has 9 heteroatoms. The zero-order valence-electron chi connectivity index (χ0n) is 11.8. The second kappa shape index (κ2) is 6.66. The van der Waals surface area contributed by atoms with Crippen LogP contribution in [0.4, 0.5) is 18.9 Å². The summed E-state index contributed by atoms with van der Waals surface area (Å²) in [6.07, 6.45) is -1.89. The summed E-state index contributed by atoms with van der Waals surface area (Å²) < 4.78 is 38.8. The first-order valence-electron chi connectivity index (χ1n) is 6.32. The molecular weight excluding hydrogens is 331 g/mol. The number of pyridine rings is 1. The number of alkyl halides is 2. The average Bonchev–Trinajstić information content (AvgIpc) is 2.85. The van der Waals surface area contributed by atoms with Crippen molar-refractivity contribution >= 4 is 22.9 Å². The normalized spacial score (nSPS) is 10.6. The second-order valence-corrected chi connectivity index (χ2v) is 5.83. The Balaban J connectivity index is 2.29. The Morgan fingerprint density at radius 3 is 2.74 bits per heavy atom. The van der Waals surface area contributed by atoms with Crippen LogP contribution in [0, 0.1) is 24.1 Å². The maximum atomic E-state index is 13.5.